The Morgan fingerprint density at radius 3 is 1.34 bits per heavy atom. The number of likely N-dealkylation sites (N-methyl/N-ethyl adjacent to an activating group) is 2. The minimum absolute atomic E-state index is 0. The molecular weight excluding hydrogens is 1180 g/mol. The quantitative estimate of drug-likeness (QED) is 0.0489. The van der Waals surface area contributed by atoms with Crippen molar-refractivity contribution in [3.05, 3.63) is 280 Å². The van der Waals surface area contributed by atoms with Crippen LogP contribution in [0.25, 0.3) is 78.2 Å². The van der Waals surface area contributed by atoms with E-state index in [1.54, 1.807) is 28.4 Å². The fourth-order valence-corrected chi connectivity index (χ4v) is 13.7. The molecule has 12 nitrogen and oxygen atoms in total. The van der Waals surface area contributed by atoms with Crippen molar-refractivity contribution in [2.24, 2.45) is 4.99 Å². The Kier molecular flexibility index (Phi) is 19.1. The Bertz CT molecular complexity index is 4630. The van der Waals surface area contributed by atoms with E-state index in [0.29, 0.717) is 51.4 Å². The number of aromatic nitrogens is 1. The number of pyridine rings is 1. The molecule has 1 unspecified atom stereocenters. The molecule has 1 atom stereocenters. The van der Waals surface area contributed by atoms with E-state index in [-0.39, 0.29) is 33.9 Å². The van der Waals surface area contributed by atoms with Crippen LogP contribution in [-0.2, 0) is 45.8 Å². The Balaban J connectivity index is 0.000000180. The Morgan fingerprint density at radius 1 is 0.453 bits per heavy atom. The number of benzene rings is 10. The van der Waals surface area contributed by atoms with Crippen molar-refractivity contribution in [2.45, 2.75) is 53.2 Å². The van der Waals surface area contributed by atoms with Crippen LogP contribution >= 0.6 is 0 Å². The van der Waals surface area contributed by atoms with E-state index in [4.69, 9.17) is 23.9 Å². The first-order valence-electron chi connectivity index (χ1n) is 31.6. The summed E-state index contributed by atoms with van der Waals surface area (Å²) < 4.78 is 26.0. The summed E-state index contributed by atoms with van der Waals surface area (Å²) in [7, 11) is 10.9. The number of aliphatic hydroxyl groups excluding tert-OH is 4. The lowest BCUT2D eigenvalue weighted by molar-refractivity contribution is -0.644. The number of aliphatic hydroxyl groups is 4. The number of fused-ring (bicyclic) bond motifs is 6. The zero-order chi connectivity index (χ0) is 65.0. The van der Waals surface area contributed by atoms with E-state index in [1.807, 2.05) is 60.8 Å². The summed E-state index contributed by atoms with van der Waals surface area (Å²) in [6, 6.07) is 74.1. The van der Waals surface area contributed by atoms with Gasteiger partial charge in [0, 0.05) is 17.0 Å². The molecule has 0 fully saturated rings. The lowest BCUT2D eigenvalue weighted by Crippen LogP contribution is -2.46. The first-order chi connectivity index (χ1) is 46.0. The van der Waals surface area contributed by atoms with E-state index in [2.05, 4.69) is 194 Å². The number of methoxy groups -OCH3 is 4. The third-order valence-corrected chi connectivity index (χ3v) is 18.5. The van der Waals surface area contributed by atoms with Gasteiger partial charge in [0.25, 0.3) is 5.82 Å². The van der Waals surface area contributed by atoms with Gasteiger partial charge in [0.1, 0.15) is 24.8 Å². The first-order valence-corrected chi connectivity index (χ1v) is 31.6. The van der Waals surface area contributed by atoms with Crippen molar-refractivity contribution in [3.8, 4) is 78.6 Å². The summed E-state index contributed by atoms with van der Waals surface area (Å²) in [6.07, 6.45) is 7.34. The van der Waals surface area contributed by atoms with E-state index >= 15 is 0 Å². The van der Waals surface area contributed by atoms with Gasteiger partial charge in [-0.1, -0.05) is 153 Å². The number of aliphatic imine (C=N–C) groups is 1. The standard InChI is InChI=1S/C41H37N2O4.C41H39N2O4.CH4/c1-43-15-14-42-41(43)37(21-33-20-34(25-44)35(26-45)22-38(33)43)36-24-40(47-3)39(46-2)23-32(36)18-27-16-30(28-10-6-4-7-11-28)19-31(17-27)29-12-8-5-9-13-29;1-42-14-15-43-38-22-35(26-45)34(25-44)20-33(38)21-37(41(42)43)36-24-40(47-3)39(46-2)23-32(36)18-27-16-30(28-10-6-4-7-11-28)19-31(17-27)29-12-8-5-9-13-29;/h4-17,19-24,44-45H,18,25-26H2,1-3H3;4-13,16-17,19-24,44-45H,14-15,18,25-26H2,1-3H3;1H4/q2*+1;. The minimum Gasteiger partial charge on any atom is -0.493 e. The molecule has 0 radical (unpaired) electrons. The smallest absolute Gasteiger partial charge is 0.285 e. The molecule has 4 heterocycles. The third kappa shape index (κ3) is 12.7. The van der Waals surface area contributed by atoms with Crippen molar-refractivity contribution >= 4 is 39.9 Å². The van der Waals surface area contributed by atoms with E-state index in [9.17, 15) is 20.4 Å². The Hall–Kier alpha value is -10.4. The van der Waals surface area contributed by atoms with Gasteiger partial charge in [0.15, 0.2) is 28.7 Å². The number of rotatable bonds is 18. The second-order valence-corrected chi connectivity index (χ2v) is 24.2. The largest absolute Gasteiger partial charge is 0.493 e. The van der Waals surface area contributed by atoms with Crippen LogP contribution in [0.15, 0.2) is 230 Å². The maximum Gasteiger partial charge on any atom is 0.285 e. The molecule has 0 aliphatic carbocycles. The molecule has 0 saturated carbocycles. The van der Waals surface area contributed by atoms with Crippen LogP contribution in [0.5, 0.6) is 23.0 Å². The predicted molar refractivity (Wildman–Crippen MR) is 385 cm³/mol. The second kappa shape index (κ2) is 28.0. The van der Waals surface area contributed by atoms with Gasteiger partial charge >= 0.3 is 0 Å². The summed E-state index contributed by atoms with van der Waals surface area (Å²) in [4.78, 5) is 7.18. The summed E-state index contributed by atoms with van der Waals surface area (Å²) in [5, 5.41) is 41.4. The summed E-state index contributed by atoms with van der Waals surface area (Å²) in [5.41, 5.74) is 23.8. The third-order valence-electron chi connectivity index (χ3n) is 18.5. The van der Waals surface area contributed by atoms with Crippen LogP contribution in [0.2, 0.25) is 0 Å². The van der Waals surface area contributed by atoms with Gasteiger partial charge < -0.3 is 39.4 Å². The molecule has 478 valence electrons. The van der Waals surface area contributed by atoms with Crippen LogP contribution in [-0.4, -0.2) is 75.3 Å². The maximum atomic E-state index is 10.1. The van der Waals surface area contributed by atoms with Crippen LogP contribution in [0.3, 0.4) is 0 Å². The van der Waals surface area contributed by atoms with Gasteiger partial charge in [-0.3, -0.25) is 4.90 Å². The van der Waals surface area contributed by atoms with Crippen molar-refractivity contribution in [2.75, 3.05) is 54.0 Å². The number of amidine groups is 1. The molecule has 0 amide bonds. The SMILES string of the molecule is C.COc1cc(Cc2cc(-c3ccccc3)cc(-c3ccccc3)c2)c(-c2cc3cc(CO)c(CO)cc3[n+]3c2N(C)CC3)cc1OC.COc1cc(Cc2cc(-c3ccccc3)cc(-c3ccccc3)c2)c(C2=Cc3cc(CO)c(CO)cc3[N+]3(C)C=CN=C23)cc1OC. The van der Waals surface area contributed by atoms with Gasteiger partial charge in [0.2, 0.25) is 5.84 Å². The highest BCUT2D eigenvalue weighted by atomic mass is 16.5. The number of anilines is 1. The van der Waals surface area contributed by atoms with E-state index < -0.39 is 0 Å². The Morgan fingerprint density at radius 2 is 0.874 bits per heavy atom. The maximum absolute atomic E-state index is 10.1. The molecular formula is C83H80N4O8+2. The number of quaternary nitrogens is 1. The molecule has 0 saturated heterocycles. The zero-order valence-electron chi connectivity index (χ0n) is 53.8. The van der Waals surface area contributed by atoms with Crippen LogP contribution in [0.1, 0.15) is 63.1 Å². The fraction of sp³-hybridized carbons (Fsp3) is 0.181. The van der Waals surface area contributed by atoms with E-state index in [0.717, 1.165) is 119 Å². The van der Waals surface area contributed by atoms with Gasteiger partial charge in [-0.2, -0.15) is 4.99 Å². The van der Waals surface area contributed by atoms with Crippen molar-refractivity contribution in [1.82, 2.24) is 4.48 Å². The van der Waals surface area contributed by atoms with Crippen molar-refractivity contribution < 1.29 is 43.9 Å². The molecule has 3 aliphatic rings. The second-order valence-electron chi connectivity index (χ2n) is 24.2. The first kappa shape index (κ1) is 64.7. The lowest BCUT2D eigenvalue weighted by atomic mass is 9.87. The number of nitrogens with zero attached hydrogens (tertiary/aromatic N) is 4. The van der Waals surface area contributed by atoms with Crippen molar-refractivity contribution in [3.63, 3.8) is 0 Å². The summed E-state index contributed by atoms with van der Waals surface area (Å²) in [6.45, 7) is 1.13. The molecule has 1 aromatic heterocycles. The van der Waals surface area contributed by atoms with E-state index in [1.165, 1.54) is 27.8 Å². The highest BCUT2D eigenvalue weighted by Crippen LogP contribution is 2.47. The van der Waals surface area contributed by atoms with Crippen LogP contribution in [0, 0.1) is 0 Å². The lowest BCUT2D eigenvalue weighted by Gasteiger charge is -2.34. The fourth-order valence-electron chi connectivity index (χ4n) is 13.7. The van der Waals surface area contributed by atoms with Gasteiger partial charge in [-0.05, 0) is 180 Å². The van der Waals surface area contributed by atoms with Gasteiger partial charge in [-0.25, -0.2) is 9.05 Å². The summed E-state index contributed by atoms with van der Waals surface area (Å²) >= 11 is 0. The van der Waals surface area contributed by atoms with Gasteiger partial charge in [-0.15, -0.1) is 0 Å². The monoisotopic (exact) mass is 1260 g/mol. The molecule has 0 bridgehead atoms. The topological polar surface area (TPSA) is 137 Å². The highest BCUT2D eigenvalue weighted by molar-refractivity contribution is 6.34. The average Bonchev–Trinajstić information content (AvgIpc) is 1.70. The number of ether oxygens (including phenoxy) is 4. The normalized spacial score (nSPS) is 14.2. The average molecular weight is 1260 g/mol. The molecule has 95 heavy (non-hydrogen) atoms. The molecule has 0 spiro atoms. The molecule has 3 aliphatic heterocycles. The summed E-state index contributed by atoms with van der Waals surface area (Å²) in [5.74, 6) is 4.62. The molecule has 14 rings (SSSR count). The zero-order valence-corrected chi connectivity index (χ0v) is 53.8. The predicted octanol–water partition coefficient (Wildman–Crippen LogP) is 15.8. The molecule has 12 heteroatoms. The van der Waals surface area contributed by atoms with Crippen LogP contribution in [0.4, 0.5) is 11.5 Å². The van der Waals surface area contributed by atoms with Crippen molar-refractivity contribution in [1.29, 1.82) is 0 Å². The minimum atomic E-state index is -0.157. The van der Waals surface area contributed by atoms with Gasteiger partial charge in [0.05, 0.1) is 86.3 Å². The molecule has 4 N–H and O–H groups in total. The number of hydrogen-bond donors (Lipinski definition) is 4. The number of hydrogen-bond acceptors (Lipinski definition) is 10. The van der Waals surface area contributed by atoms with Crippen LogP contribution < -0.4 is 32.9 Å². The molecule has 10 aromatic carbocycles. The highest BCUT2D eigenvalue weighted by Gasteiger charge is 2.43. The molecule has 11 aromatic rings. The Labute approximate surface area is 556 Å².